The van der Waals surface area contributed by atoms with Crippen LogP contribution >= 0.6 is 11.8 Å². The molecule has 31 heavy (non-hydrogen) atoms. The van der Waals surface area contributed by atoms with Gasteiger partial charge in [0.15, 0.2) is 0 Å². The first-order valence-corrected chi connectivity index (χ1v) is 13.3. The van der Waals surface area contributed by atoms with E-state index in [1.807, 2.05) is 6.07 Å². The number of sulfonamides is 1. The quantitative estimate of drug-likeness (QED) is 0.485. The van der Waals surface area contributed by atoms with Crippen LogP contribution in [0.5, 0.6) is 0 Å². The summed E-state index contributed by atoms with van der Waals surface area (Å²) in [6, 6.07) is 5.14. The number of nitrogens with zero attached hydrogens (tertiary/aromatic N) is 5. The molecule has 1 aromatic carbocycles. The highest BCUT2D eigenvalue weighted by molar-refractivity contribution is 7.98. The van der Waals surface area contributed by atoms with Crippen molar-refractivity contribution in [1.29, 1.82) is 0 Å². The Labute approximate surface area is 187 Å². The van der Waals surface area contributed by atoms with Crippen LogP contribution in [0, 0.1) is 5.92 Å². The van der Waals surface area contributed by atoms with Crippen LogP contribution < -0.4 is 0 Å². The first kappa shape index (κ1) is 22.3. The topological polar surface area (TPSA) is 96.8 Å². The van der Waals surface area contributed by atoms with Crippen LogP contribution in [-0.2, 0) is 28.7 Å². The summed E-state index contributed by atoms with van der Waals surface area (Å²) in [6.45, 7) is 2.82. The van der Waals surface area contributed by atoms with E-state index in [2.05, 4.69) is 26.7 Å². The van der Waals surface area contributed by atoms with Crippen LogP contribution in [0.4, 0.5) is 0 Å². The molecule has 1 fully saturated rings. The molecule has 2 aromatic heterocycles. The largest absolute Gasteiger partial charge is 0.328 e. The van der Waals surface area contributed by atoms with E-state index in [9.17, 15) is 8.42 Å². The highest BCUT2D eigenvalue weighted by atomic mass is 32.2. The third kappa shape index (κ3) is 4.80. The third-order valence-corrected chi connectivity index (χ3v) is 8.65. The van der Waals surface area contributed by atoms with E-state index in [4.69, 9.17) is 4.98 Å². The fraction of sp³-hybridized carbons (Fsp3) is 0.571. The Balaban J connectivity index is 1.46. The monoisotopic (exact) mass is 462 g/mol. The summed E-state index contributed by atoms with van der Waals surface area (Å²) in [4.78, 5) is 9.61. The van der Waals surface area contributed by atoms with Crippen LogP contribution in [0.3, 0.4) is 0 Å². The van der Waals surface area contributed by atoms with E-state index in [1.165, 1.54) is 50.5 Å². The van der Waals surface area contributed by atoms with Crippen molar-refractivity contribution in [2.24, 2.45) is 5.92 Å². The molecule has 1 aliphatic rings. The van der Waals surface area contributed by atoms with E-state index in [1.54, 1.807) is 23.9 Å². The van der Waals surface area contributed by atoms with Gasteiger partial charge in [-0.05, 0) is 37.5 Å². The molecule has 0 radical (unpaired) electrons. The second kappa shape index (κ2) is 9.30. The molecular formula is C21H30N6O2S2. The summed E-state index contributed by atoms with van der Waals surface area (Å²) < 4.78 is 28.2. The molecule has 0 aliphatic heterocycles. The summed E-state index contributed by atoms with van der Waals surface area (Å²) in [5.41, 5.74) is 1.62. The Kier molecular flexibility index (Phi) is 6.68. The summed E-state index contributed by atoms with van der Waals surface area (Å²) in [6.07, 6.45) is 7.56. The molecule has 0 atom stereocenters. The average Bonchev–Trinajstić information content (AvgIpc) is 3.49. The van der Waals surface area contributed by atoms with Crippen LogP contribution in [-0.4, -0.2) is 51.6 Å². The molecular weight excluding hydrogens is 432 g/mol. The highest BCUT2D eigenvalue weighted by Gasteiger charge is 2.20. The van der Waals surface area contributed by atoms with Crippen molar-refractivity contribution in [1.82, 2.24) is 29.0 Å². The molecule has 0 saturated heterocycles. The van der Waals surface area contributed by atoms with E-state index < -0.39 is 10.0 Å². The Hall–Kier alpha value is -1.91. The molecule has 0 amide bonds. The van der Waals surface area contributed by atoms with Crippen molar-refractivity contribution in [2.45, 2.75) is 67.8 Å². The van der Waals surface area contributed by atoms with Gasteiger partial charge in [-0.15, -0.1) is 5.10 Å². The minimum atomic E-state index is -3.49. The number of nitrogens with one attached hydrogen (secondary N) is 1. The SMILES string of the molecule is CCn1c(CSc2n[nH]c(CCC3CCCC3)n2)nc2cc(S(=O)(=O)N(C)C)ccc21. The second-order valence-electron chi connectivity index (χ2n) is 8.25. The average molecular weight is 463 g/mol. The maximum Gasteiger partial charge on any atom is 0.242 e. The maximum absolute atomic E-state index is 12.5. The van der Waals surface area contributed by atoms with Crippen molar-refractivity contribution in [3.05, 3.63) is 29.8 Å². The van der Waals surface area contributed by atoms with Crippen molar-refractivity contribution in [3.63, 3.8) is 0 Å². The van der Waals surface area contributed by atoms with Gasteiger partial charge >= 0.3 is 0 Å². The smallest absolute Gasteiger partial charge is 0.242 e. The van der Waals surface area contributed by atoms with Gasteiger partial charge in [-0.2, -0.15) is 0 Å². The van der Waals surface area contributed by atoms with Gasteiger partial charge in [-0.3, -0.25) is 5.10 Å². The van der Waals surface area contributed by atoms with Crippen LogP contribution in [0.15, 0.2) is 28.3 Å². The number of aryl methyl sites for hydroxylation is 2. The summed E-state index contributed by atoms with van der Waals surface area (Å²) in [5.74, 6) is 3.31. The fourth-order valence-electron chi connectivity index (χ4n) is 4.22. The van der Waals surface area contributed by atoms with Crippen LogP contribution in [0.1, 0.15) is 50.7 Å². The standard InChI is InChI=1S/C21H30N6O2S2/c1-4-27-18-11-10-16(31(28,29)26(2)3)13-17(18)22-20(27)14-30-21-23-19(24-25-21)12-9-15-7-5-6-8-15/h10-11,13,15H,4-9,12,14H2,1-3H3,(H,23,24,25). The number of aromatic nitrogens is 5. The lowest BCUT2D eigenvalue weighted by Gasteiger charge is -2.11. The Morgan fingerprint density at radius 1 is 1.23 bits per heavy atom. The summed E-state index contributed by atoms with van der Waals surface area (Å²) in [5, 5.41) is 8.16. The molecule has 1 aliphatic carbocycles. The minimum Gasteiger partial charge on any atom is -0.328 e. The summed E-state index contributed by atoms with van der Waals surface area (Å²) >= 11 is 1.55. The fourth-order valence-corrected chi connectivity index (χ4v) is 5.90. The van der Waals surface area contributed by atoms with E-state index >= 15 is 0 Å². The normalized spacial score (nSPS) is 15.5. The number of aromatic amines is 1. The number of thioether (sulfide) groups is 1. The number of fused-ring (bicyclic) bond motifs is 1. The molecule has 10 heteroatoms. The van der Waals surface area contributed by atoms with Gasteiger partial charge in [0.25, 0.3) is 0 Å². The number of H-pyrrole nitrogens is 1. The van der Waals surface area contributed by atoms with E-state index in [0.29, 0.717) is 11.3 Å². The van der Waals surface area contributed by atoms with E-state index in [0.717, 1.165) is 41.2 Å². The Morgan fingerprint density at radius 2 is 2.00 bits per heavy atom. The van der Waals surface area contributed by atoms with Gasteiger partial charge in [0, 0.05) is 27.1 Å². The molecule has 0 unspecified atom stereocenters. The lowest BCUT2D eigenvalue weighted by molar-refractivity contribution is 0.497. The number of benzene rings is 1. The second-order valence-corrected chi connectivity index (χ2v) is 11.3. The Bertz CT molecular complexity index is 1150. The summed E-state index contributed by atoms with van der Waals surface area (Å²) in [7, 11) is -0.423. The predicted octanol–water partition coefficient (Wildman–Crippen LogP) is 3.84. The number of hydrogen-bond donors (Lipinski definition) is 1. The predicted molar refractivity (Wildman–Crippen MR) is 123 cm³/mol. The maximum atomic E-state index is 12.5. The van der Waals surface area contributed by atoms with Crippen molar-refractivity contribution in [3.8, 4) is 0 Å². The zero-order valence-corrected chi connectivity index (χ0v) is 20.0. The number of hydrogen-bond acceptors (Lipinski definition) is 6. The molecule has 3 aromatic rings. The number of imidazole rings is 1. The van der Waals surface area contributed by atoms with Gasteiger partial charge in [-0.1, -0.05) is 37.4 Å². The minimum absolute atomic E-state index is 0.255. The van der Waals surface area contributed by atoms with Crippen LogP contribution in [0.25, 0.3) is 11.0 Å². The molecule has 1 N–H and O–H groups in total. The lowest BCUT2D eigenvalue weighted by Crippen LogP contribution is -2.22. The zero-order chi connectivity index (χ0) is 22.0. The molecule has 0 spiro atoms. The Morgan fingerprint density at radius 3 is 2.71 bits per heavy atom. The van der Waals surface area contributed by atoms with Gasteiger partial charge in [-0.25, -0.2) is 22.7 Å². The molecule has 2 heterocycles. The first-order valence-electron chi connectivity index (χ1n) is 10.8. The van der Waals surface area contributed by atoms with Crippen molar-refractivity contribution < 1.29 is 8.42 Å². The third-order valence-electron chi connectivity index (χ3n) is 6.00. The van der Waals surface area contributed by atoms with E-state index in [-0.39, 0.29) is 4.90 Å². The van der Waals surface area contributed by atoms with Crippen molar-refractivity contribution >= 4 is 32.8 Å². The van der Waals surface area contributed by atoms with Gasteiger partial charge in [0.2, 0.25) is 15.2 Å². The molecule has 168 valence electrons. The van der Waals surface area contributed by atoms with Gasteiger partial charge < -0.3 is 4.57 Å². The first-order chi connectivity index (χ1) is 14.9. The lowest BCUT2D eigenvalue weighted by atomic mass is 10.0. The van der Waals surface area contributed by atoms with Gasteiger partial charge in [0.1, 0.15) is 11.6 Å². The molecule has 0 bridgehead atoms. The molecule has 8 nitrogen and oxygen atoms in total. The number of rotatable bonds is 9. The highest BCUT2D eigenvalue weighted by Crippen LogP contribution is 2.29. The van der Waals surface area contributed by atoms with Crippen molar-refractivity contribution in [2.75, 3.05) is 14.1 Å². The molecule has 1 saturated carbocycles. The molecule has 4 rings (SSSR count). The van der Waals surface area contributed by atoms with Gasteiger partial charge in [0.05, 0.1) is 21.7 Å². The zero-order valence-electron chi connectivity index (χ0n) is 18.3. The van der Waals surface area contributed by atoms with Crippen LogP contribution in [0.2, 0.25) is 0 Å².